The van der Waals surface area contributed by atoms with Crippen molar-refractivity contribution in [2.75, 3.05) is 0 Å². The minimum absolute atomic E-state index is 1.03. The standard InChI is InChI=1S/C42H52B26O/c43-15-7(22(50)30(58)23(51)9(15)10-24(52)36(64)39(67)37(65)25(10)53)1-3-5(19(47)33(61)31(59)17(3)45)2(6-4(1)18(46)32(60)34(62)20(6)48)8-16(44)13-14-28(56)21(49)11-12(29(57)38(66)35(63)26(11)54)41(14)69-42(13)40(68)27(8)55/h43-68H2. The molecule has 0 N–H and O–H groups in total. The summed E-state index contributed by atoms with van der Waals surface area (Å²) >= 11 is 0. The lowest BCUT2D eigenvalue weighted by atomic mass is 9.55. The van der Waals surface area contributed by atoms with Crippen molar-refractivity contribution in [3.63, 3.8) is 0 Å². The zero-order valence-corrected chi connectivity index (χ0v) is 47.4. The van der Waals surface area contributed by atoms with Crippen LogP contribution in [0.25, 0.3) is 87.6 Å². The van der Waals surface area contributed by atoms with Gasteiger partial charge in [0, 0.05) is 16.2 Å². The summed E-state index contributed by atoms with van der Waals surface area (Å²) in [5.41, 5.74) is 46.0. The van der Waals surface area contributed by atoms with E-state index in [0.717, 1.165) is 11.2 Å². The lowest BCUT2D eigenvalue weighted by Gasteiger charge is -2.32. The molecule has 0 aliphatic carbocycles. The fourth-order valence-electron chi connectivity index (χ4n) is 13.8. The molecule has 0 atom stereocenters. The second-order valence-electron chi connectivity index (χ2n) is 22.3. The van der Waals surface area contributed by atoms with Gasteiger partial charge in [0.1, 0.15) is 215 Å². The highest BCUT2D eigenvalue weighted by atomic mass is 16.3. The first kappa shape index (κ1) is 50.0. The summed E-state index contributed by atoms with van der Waals surface area (Å²) in [6.07, 6.45) is 0. The molecule has 27 heteroatoms. The lowest BCUT2D eigenvalue weighted by molar-refractivity contribution is 0.676. The summed E-state index contributed by atoms with van der Waals surface area (Å²) in [6.45, 7) is 0. The quantitative estimate of drug-likeness (QED) is 0.127. The minimum atomic E-state index is 1.03. The Kier molecular flexibility index (Phi) is 12.2. The van der Waals surface area contributed by atoms with E-state index < -0.39 is 0 Å². The molecule has 8 aromatic carbocycles. The Morgan fingerprint density at radius 1 is 0.130 bits per heavy atom. The molecule has 0 radical (unpaired) electrons. The summed E-state index contributed by atoms with van der Waals surface area (Å²) in [4.78, 5) is 0. The Bertz CT molecular complexity index is 3860. The first-order valence-corrected chi connectivity index (χ1v) is 25.7. The van der Waals surface area contributed by atoms with Gasteiger partial charge in [0.05, 0.1) is 0 Å². The van der Waals surface area contributed by atoms with Gasteiger partial charge in [0.2, 0.25) is 0 Å². The first-order valence-electron chi connectivity index (χ1n) is 25.7. The Balaban J connectivity index is 1.60. The third-order valence-electron chi connectivity index (χ3n) is 19.9. The highest BCUT2D eigenvalue weighted by Gasteiger charge is 2.32. The van der Waals surface area contributed by atoms with Crippen LogP contribution in [0.1, 0.15) is 0 Å². The van der Waals surface area contributed by atoms with Crippen molar-refractivity contribution in [3.05, 3.63) is 0 Å². The fourth-order valence-corrected chi connectivity index (χ4v) is 13.8. The number of rotatable bonds is 3. The normalized spacial score (nSPS) is 11.8. The topological polar surface area (TPSA) is 13.1 Å². The minimum Gasteiger partial charge on any atom is -0.456 e. The summed E-state index contributed by atoms with van der Waals surface area (Å²) < 4.78 is 7.36. The Hall–Kier alpha value is -3.97. The third kappa shape index (κ3) is 6.41. The predicted octanol–water partition coefficient (Wildman–Crippen LogP) is -33.2. The Morgan fingerprint density at radius 2 is 0.333 bits per heavy atom. The van der Waals surface area contributed by atoms with Crippen LogP contribution in [0.15, 0.2) is 4.42 Å². The highest BCUT2D eigenvalue weighted by Crippen LogP contribution is 2.40. The number of hydrogen-bond acceptors (Lipinski definition) is 1. The SMILES string of the molecule is Bc1c(B)c(B)c(-c2c(B)c(B)c(B)c(-c3c4c(B)c(B)c(B)c(B)c4c(-c4c(B)c(B)c5oc6c7c(B)c(B)c(B)c(B)c7c(B)c(B)c6c5c4B)c4c(B)c(B)c(B)c(B)c34)c2B)c(B)c1B. The van der Waals surface area contributed by atoms with Gasteiger partial charge in [-0.2, -0.15) is 0 Å². The maximum atomic E-state index is 7.36. The molecule has 0 fully saturated rings. The molecule has 1 nitrogen and oxygen atoms in total. The van der Waals surface area contributed by atoms with Gasteiger partial charge in [-0.05, 0) is 60.3 Å². The van der Waals surface area contributed by atoms with E-state index in [1.54, 1.807) is 0 Å². The van der Waals surface area contributed by atoms with Crippen molar-refractivity contribution in [1.29, 1.82) is 0 Å². The summed E-state index contributed by atoms with van der Waals surface area (Å²) in [6, 6.07) is 0. The van der Waals surface area contributed by atoms with Crippen LogP contribution in [-0.4, -0.2) is 204 Å². The monoisotopic (exact) mass is 859 g/mol. The van der Waals surface area contributed by atoms with Crippen molar-refractivity contribution >= 4 is 400 Å². The van der Waals surface area contributed by atoms with Crippen LogP contribution in [0.5, 0.6) is 0 Å². The molecule has 9 rings (SSSR count). The molecular weight excluding hydrogens is 802 g/mol. The smallest absolute Gasteiger partial charge is 0.143 e. The van der Waals surface area contributed by atoms with Crippen LogP contribution in [0.4, 0.5) is 0 Å². The number of furan rings is 1. The molecule has 0 bridgehead atoms. The second kappa shape index (κ2) is 16.8. The molecule has 0 saturated heterocycles. The summed E-state index contributed by atoms with van der Waals surface area (Å²) in [7, 11) is 61.4. The van der Waals surface area contributed by atoms with E-state index in [9.17, 15) is 0 Å². The molecule has 1 heterocycles. The molecule has 0 aliphatic rings. The Labute approximate surface area is 435 Å². The van der Waals surface area contributed by atoms with E-state index in [2.05, 4.69) is 204 Å². The van der Waals surface area contributed by atoms with Crippen LogP contribution in [0.2, 0.25) is 0 Å². The van der Waals surface area contributed by atoms with Crippen LogP contribution in [0.3, 0.4) is 0 Å². The van der Waals surface area contributed by atoms with Gasteiger partial charge in [0.15, 0.2) is 0 Å². The van der Waals surface area contributed by atoms with Crippen molar-refractivity contribution in [2.45, 2.75) is 0 Å². The van der Waals surface area contributed by atoms with E-state index in [0.29, 0.717) is 0 Å². The largest absolute Gasteiger partial charge is 0.456 e. The van der Waals surface area contributed by atoms with Crippen molar-refractivity contribution < 1.29 is 4.42 Å². The zero-order valence-electron chi connectivity index (χ0n) is 47.4. The number of fused-ring (bicyclic) bond motifs is 7. The number of hydrogen-bond donors (Lipinski definition) is 0. The van der Waals surface area contributed by atoms with Crippen LogP contribution >= 0.6 is 0 Å². The molecule has 0 aliphatic heterocycles. The maximum absolute atomic E-state index is 7.36. The van der Waals surface area contributed by atoms with Gasteiger partial charge >= 0.3 is 0 Å². The third-order valence-corrected chi connectivity index (χ3v) is 19.9. The molecule has 0 amide bonds. The van der Waals surface area contributed by atoms with Gasteiger partial charge in [0.25, 0.3) is 0 Å². The van der Waals surface area contributed by atoms with Crippen molar-refractivity contribution in [2.24, 2.45) is 0 Å². The predicted molar refractivity (Wildman–Crippen MR) is 395 cm³/mol. The van der Waals surface area contributed by atoms with Crippen molar-refractivity contribution in [1.82, 2.24) is 0 Å². The van der Waals surface area contributed by atoms with Gasteiger partial charge in [-0.15, -0.1) is 54.6 Å². The van der Waals surface area contributed by atoms with Crippen molar-refractivity contribution in [3.8, 4) is 33.4 Å². The van der Waals surface area contributed by atoms with Gasteiger partial charge in [-0.1, -0.05) is 87.4 Å². The van der Waals surface area contributed by atoms with E-state index in [-0.39, 0.29) is 0 Å². The summed E-state index contributed by atoms with van der Waals surface area (Å²) in [5, 5.41) is 10.8. The molecular formula is C42H52B26O. The molecule has 0 saturated carbocycles. The second-order valence-corrected chi connectivity index (χ2v) is 22.3. The maximum Gasteiger partial charge on any atom is 0.143 e. The van der Waals surface area contributed by atoms with Gasteiger partial charge in [-0.25, -0.2) is 0 Å². The lowest BCUT2D eigenvalue weighted by Crippen LogP contribution is -2.57. The van der Waals surface area contributed by atoms with E-state index in [1.807, 2.05) is 0 Å². The summed E-state index contributed by atoms with van der Waals surface area (Å²) in [5.74, 6) is 0. The highest BCUT2D eigenvalue weighted by molar-refractivity contribution is 6.77. The molecule has 9 aromatic rings. The van der Waals surface area contributed by atoms with Crippen LogP contribution < -0.4 is 142 Å². The first-order chi connectivity index (χ1) is 32.2. The average molecular weight is 854 g/mol. The average Bonchev–Trinajstić information content (AvgIpc) is 3.73. The van der Waals surface area contributed by atoms with Crippen LogP contribution in [0, 0.1) is 0 Å². The van der Waals surface area contributed by atoms with E-state index >= 15 is 0 Å². The van der Waals surface area contributed by atoms with Crippen LogP contribution in [-0.2, 0) is 0 Å². The van der Waals surface area contributed by atoms with Gasteiger partial charge in [-0.3, -0.25) is 0 Å². The zero-order chi connectivity index (χ0) is 51.0. The molecule has 69 heavy (non-hydrogen) atoms. The number of benzene rings is 8. The van der Waals surface area contributed by atoms with E-state index in [4.69, 9.17) is 4.42 Å². The molecule has 0 spiro atoms. The Morgan fingerprint density at radius 3 is 0.725 bits per heavy atom. The molecule has 304 valence electrons. The molecule has 0 unspecified atom stereocenters. The van der Waals surface area contributed by atoms with E-state index in [1.165, 1.54) is 219 Å². The van der Waals surface area contributed by atoms with Gasteiger partial charge < -0.3 is 4.42 Å². The fraction of sp³-hybridized carbons (Fsp3) is 0. The molecule has 1 aromatic heterocycles.